The Labute approximate surface area is 193 Å². The first-order chi connectivity index (χ1) is 15.9. The van der Waals surface area contributed by atoms with Crippen molar-refractivity contribution in [2.45, 2.75) is 19.9 Å². The van der Waals surface area contributed by atoms with Gasteiger partial charge in [-0.25, -0.2) is 9.37 Å². The van der Waals surface area contributed by atoms with Crippen LogP contribution in [0.3, 0.4) is 0 Å². The number of benzene rings is 2. The van der Waals surface area contributed by atoms with Crippen molar-refractivity contribution in [2.75, 3.05) is 25.5 Å². The van der Waals surface area contributed by atoms with Crippen LogP contribution < -0.4 is 16.4 Å². The number of nitrogens with two attached hydrogens (primary N) is 1. The highest BCUT2D eigenvalue weighted by Crippen LogP contribution is 2.24. The lowest BCUT2D eigenvalue weighted by atomic mass is 10.0. The summed E-state index contributed by atoms with van der Waals surface area (Å²) < 4.78 is 7.02. The molecule has 1 amide bonds. The topological polar surface area (TPSA) is 111 Å². The van der Waals surface area contributed by atoms with Crippen molar-refractivity contribution in [1.29, 1.82) is 0 Å². The molecule has 0 fully saturated rings. The number of carbonyl (C=O) groups excluding carboxylic acids is 2. The molecule has 2 aromatic rings. The van der Waals surface area contributed by atoms with Crippen LogP contribution in [0.15, 0.2) is 66.8 Å². The molecule has 3 rings (SSSR count). The molecular formula is C25H29N5O3. The van der Waals surface area contributed by atoms with Crippen molar-refractivity contribution < 1.29 is 18.9 Å². The number of hydrogen-bond acceptors (Lipinski definition) is 5. The van der Waals surface area contributed by atoms with Crippen LogP contribution in [0.5, 0.6) is 0 Å². The Morgan fingerprint density at radius 2 is 2.03 bits per heavy atom. The number of amides is 1. The molecule has 0 saturated carbocycles. The van der Waals surface area contributed by atoms with Gasteiger partial charge in [-0.1, -0.05) is 30.7 Å². The molecular weight excluding hydrogens is 418 g/mol. The van der Waals surface area contributed by atoms with Crippen LogP contribution in [0.4, 0.5) is 5.69 Å². The van der Waals surface area contributed by atoms with Gasteiger partial charge in [-0.05, 0) is 49.0 Å². The molecule has 0 aliphatic carbocycles. The fourth-order valence-electron chi connectivity index (χ4n) is 3.24. The number of esters is 1. The van der Waals surface area contributed by atoms with Gasteiger partial charge in [0.1, 0.15) is 13.7 Å². The highest BCUT2D eigenvalue weighted by molar-refractivity contribution is 6.05. The van der Waals surface area contributed by atoms with Crippen molar-refractivity contribution in [2.24, 2.45) is 5.73 Å². The van der Waals surface area contributed by atoms with Crippen LogP contribution in [-0.4, -0.2) is 42.9 Å². The highest BCUT2D eigenvalue weighted by Gasteiger charge is 2.14. The molecule has 1 aliphatic rings. The Hall–Kier alpha value is -3.91. The molecule has 8 heteroatoms. The molecule has 0 spiro atoms. The maximum atomic E-state index is 12.7. The Morgan fingerprint density at radius 1 is 1.24 bits per heavy atom. The first-order valence-electron chi connectivity index (χ1n) is 10.7. The van der Waals surface area contributed by atoms with E-state index in [4.69, 9.17) is 10.5 Å². The molecule has 172 valence electrons. The number of nitrogens with one attached hydrogen (secondary N) is 2. The minimum Gasteiger partial charge on any atom is -0.683 e. The lowest BCUT2D eigenvalue weighted by Gasteiger charge is -2.26. The SMILES string of the molecule is Cc1cc(C(=O)Nc2cccc(C(C)[N-]C=CNC3=C[N+](C)=C3)c2)ccc1C(=O)OCCN. The van der Waals surface area contributed by atoms with Gasteiger partial charge < -0.3 is 26.4 Å². The molecule has 8 nitrogen and oxygen atoms in total. The number of rotatable bonds is 10. The molecule has 0 saturated heterocycles. The van der Waals surface area contributed by atoms with Crippen molar-refractivity contribution in [3.8, 4) is 0 Å². The van der Waals surface area contributed by atoms with Gasteiger partial charge >= 0.3 is 5.97 Å². The number of ether oxygens (including phenoxy) is 1. The normalized spacial score (nSPS) is 13.5. The van der Waals surface area contributed by atoms with Crippen molar-refractivity contribution in [1.82, 2.24) is 5.32 Å². The first kappa shape index (κ1) is 23.7. The van der Waals surface area contributed by atoms with E-state index >= 15 is 0 Å². The lowest BCUT2D eigenvalue weighted by Crippen LogP contribution is -2.21. The van der Waals surface area contributed by atoms with Gasteiger partial charge in [0, 0.05) is 17.8 Å². The lowest BCUT2D eigenvalue weighted by molar-refractivity contribution is -0.429. The zero-order valence-corrected chi connectivity index (χ0v) is 19.0. The summed E-state index contributed by atoms with van der Waals surface area (Å²) in [6.07, 6.45) is 7.46. The highest BCUT2D eigenvalue weighted by atomic mass is 16.5. The van der Waals surface area contributed by atoms with Gasteiger partial charge in [0.15, 0.2) is 18.1 Å². The average molecular weight is 448 g/mol. The van der Waals surface area contributed by atoms with Crippen LogP contribution >= 0.6 is 0 Å². The Kier molecular flexibility index (Phi) is 7.99. The summed E-state index contributed by atoms with van der Waals surface area (Å²) in [6.45, 7) is 4.17. The summed E-state index contributed by atoms with van der Waals surface area (Å²) in [6, 6.07) is 12.4. The number of nitrogens with zero attached hydrogens (tertiary/aromatic N) is 2. The predicted molar refractivity (Wildman–Crippen MR) is 129 cm³/mol. The fraction of sp³-hybridized carbons (Fsp3) is 0.240. The van der Waals surface area contributed by atoms with E-state index in [9.17, 15) is 9.59 Å². The summed E-state index contributed by atoms with van der Waals surface area (Å²) in [5, 5.41) is 10.6. The molecule has 1 aliphatic heterocycles. The maximum Gasteiger partial charge on any atom is 0.338 e. The molecule has 0 aromatic heterocycles. The third-order valence-electron chi connectivity index (χ3n) is 5.01. The van der Waals surface area contributed by atoms with E-state index in [1.54, 1.807) is 37.5 Å². The largest absolute Gasteiger partial charge is 0.683 e. The van der Waals surface area contributed by atoms with Crippen molar-refractivity contribution >= 4 is 23.8 Å². The van der Waals surface area contributed by atoms with Crippen LogP contribution in [-0.2, 0) is 4.74 Å². The Balaban J connectivity index is 1.58. The zero-order chi connectivity index (χ0) is 23.8. The van der Waals surface area contributed by atoms with E-state index in [2.05, 4.69) is 16.0 Å². The van der Waals surface area contributed by atoms with Gasteiger partial charge in [-0.15, -0.1) is 0 Å². The standard InChI is InChI=1S/C25H29N5O3/c1-17-13-20(7-8-23(17)25(32)33-12-9-26)24(31)29-21-6-4-5-19(14-21)18(2)27-10-11-28-22-15-30(3)16-22/h4-8,10-11,13-16,18H,9,12,26H2,1-3H3,(H2-,27,28,29,31,32). The second kappa shape index (κ2) is 11.1. The van der Waals surface area contributed by atoms with Crippen molar-refractivity contribution in [3.63, 3.8) is 0 Å². The number of carbonyl (C=O) groups is 2. The van der Waals surface area contributed by atoms with E-state index in [1.165, 1.54) is 0 Å². The quantitative estimate of drug-likeness (QED) is 0.382. The van der Waals surface area contributed by atoms with Gasteiger partial charge in [-0.3, -0.25) is 4.79 Å². The second-order valence-corrected chi connectivity index (χ2v) is 7.70. The minimum absolute atomic E-state index is 0.0806. The summed E-state index contributed by atoms with van der Waals surface area (Å²) in [7, 11) is 1.96. The van der Waals surface area contributed by atoms with E-state index in [1.807, 2.05) is 55.2 Å². The number of allylic oxidation sites excluding steroid dienone is 1. The average Bonchev–Trinajstić information content (AvgIpc) is 2.78. The Bertz CT molecular complexity index is 1120. The van der Waals surface area contributed by atoms with Crippen LogP contribution in [0.2, 0.25) is 0 Å². The molecule has 1 unspecified atom stereocenters. The van der Waals surface area contributed by atoms with Crippen LogP contribution in [0.25, 0.3) is 5.32 Å². The molecule has 2 aromatic carbocycles. The van der Waals surface area contributed by atoms with Crippen LogP contribution in [0.1, 0.15) is 44.8 Å². The van der Waals surface area contributed by atoms with Gasteiger partial charge in [0.05, 0.1) is 5.56 Å². The van der Waals surface area contributed by atoms with E-state index in [-0.39, 0.29) is 25.1 Å². The zero-order valence-electron chi connectivity index (χ0n) is 19.0. The summed E-state index contributed by atoms with van der Waals surface area (Å²) in [4.78, 5) is 24.8. The van der Waals surface area contributed by atoms with Gasteiger partial charge in [0.2, 0.25) is 0 Å². The monoisotopic (exact) mass is 447 g/mol. The van der Waals surface area contributed by atoms with Crippen molar-refractivity contribution in [3.05, 3.63) is 94.3 Å². The molecule has 4 N–H and O–H groups in total. The minimum atomic E-state index is -0.450. The summed E-state index contributed by atoms with van der Waals surface area (Å²) in [5.74, 6) is -0.713. The smallest absolute Gasteiger partial charge is 0.338 e. The van der Waals surface area contributed by atoms with Gasteiger partial charge in [0.25, 0.3) is 5.91 Å². The number of anilines is 1. The fourth-order valence-corrected chi connectivity index (χ4v) is 3.24. The third-order valence-corrected chi connectivity index (χ3v) is 5.01. The molecule has 0 bridgehead atoms. The first-order valence-corrected chi connectivity index (χ1v) is 10.7. The summed E-state index contributed by atoms with van der Waals surface area (Å²) in [5.41, 5.74) is 9.56. The van der Waals surface area contributed by atoms with Gasteiger partial charge in [-0.2, -0.15) is 6.20 Å². The second-order valence-electron chi connectivity index (χ2n) is 7.70. The third kappa shape index (κ3) is 6.54. The van der Waals surface area contributed by atoms with E-state index in [0.717, 1.165) is 11.3 Å². The molecule has 1 heterocycles. The maximum absolute atomic E-state index is 12.7. The van der Waals surface area contributed by atoms with E-state index in [0.29, 0.717) is 22.4 Å². The molecule has 0 radical (unpaired) electrons. The summed E-state index contributed by atoms with van der Waals surface area (Å²) >= 11 is 0. The number of aryl methyl sites for hydroxylation is 1. The van der Waals surface area contributed by atoms with E-state index < -0.39 is 5.97 Å². The molecule has 33 heavy (non-hydrogen) atoms. The van der Waals surface area contributed by atoms with Crippen LogP contribution in [0, 0.1) is 6.92 Å². The number of hydrogen-bond donors (Lipinski definition) is 3. The Morgan fingerprint density at radius 3 is 2.73 bits per heavy atom. The predicted octanol–water partition coefficient (Wildman–Crippen LogP) is 3.43. The molecule has 1 atom stereocenters.